The fourth-order valence-corrected chi connectivity index (χ4v) is 4.27. The first-order valence-electron chi connectivity index (χ1n) is 10.9. The number of pyridine rings is 1. The van der Waals surface area contributed by atoms with Crippen molar-refractivity contribution in [3.05, 3.63) is 95.6 Å². The van der Waals surface area contributed by atoms with Crippen LogP contribution in [0.3, 0.4) is 0 Å². The molecule has 6 nitrogen and oxygen atoms in total. The molecule has 1 N–H and O–H groups in total. The van der Waals surface area contributed by atoms with Crippen molar-refractivity contribution in [3.8, 4) is 5.75 Å². The molecule has 0 radical (unpaired) electrons. The molecule has 2 heterocycles. The van der Waals surface area contributed by atoms with E-state index in [1.165, 1.54) is 12.1 Å². The maximum Gasteiger partial charge on any atom is 0.254 e. The summed E-state index contributed by atoms with van der Waals surface area (Å²) < 4.78 is 18.9. The number of benzene rings is 2. The lowest BCUT2D eigenvalue weighted by molar-refractivity contribution is -0.128. The number of nitrogens with zero attached hydrogens (tertiary/aromatic N) is 2. The van der Waals surface area contributed by atoms with E-state index >= 15 is 0 Å². The standard InChI is InChI=1S/C26H26FN3O3/c1-28-25(32)26(23-8-2-3-14-29-23)13-5-15-30(18-26)24(31)20-6-4-7-22(16-20)33-17-19-9-11-21(27)12-10-19/h2-4,6-12,14,16H,5,13,15,17-18H2,1H3,(H,28,32)/t26-/m1/s1. The van der Waals surface area contributed by atoms with E-state index in [9.17, 15) is 14.0 Å². The zero-order chi connectivity index (χ0) is 23.3. The topological polar surface area (TPSA) is 71.5 Å². The van der Waals surface area contributed by atoms with Crippen molar-refractivity contribution >= 4 is 11.8 Å². The van der Waals surface area contributed by atoms with Crippen LogP contribution in [0.5, 0.6) is 5.75 Å². The maximum atomic E-state index is 13.4. The second-order valence-corrected chi connectivity index (χ2v) is 8.15. The summed E-state index contributed by atoms with van der Waals surface area (Å²) in [7, 11) is 1.61. The van der Waals surface area contributed by atoms with E-state index in [1.807, 2.05) is 18.2 Å². The first kappa shape index (κ1) is 22.5. The fourth-order valence-electron chi connectivity index (χ4n) is 4.27. The smallest absolute Gasteiger partial charge is 0.254 e. The largest absolute Gasteiger partial charge is 0.489 e. The SMILES string of the molecule is CNC(=O)[C@]1(c2ccccn2)CCCN(C(=O)c2cccc(OCc3ccc(F)cc3)c2)C1. The highest BCUT2D eigenvalue weighted by Gasteiger charge is 2.45. The molecule has 1 fully saturated rings. The quantitative estimate of drug-likeness (QED) is 0.625. The molecule has 1 aliphatic heterocycles. The Hall–Kier alpha value is -3.74. The van der Waals surface area contributed by atoms with Gasteiger partial charge in [-0.25, -0.2) is 4.39 Å². The van der Waals surface area contributed by atoms with Crippen LogP contribution in [0.4, 0.5) is 4.39 Å². The van der Waals surface area contributed by atoms with Gasteiger partial charge in [-0.05, 0) is 60.9 Å². The van der Waals surface area contributed by atoms with Crippen LogP contribution < -0.4 is 10.1 Å². The summed E-state index contributed by atoms with van der Waals surface area (Å²) in [6.07, 6.45) is 2.98. The third-order valence-electron chi connectivity index (χ3n) is 6.00. The van der Waals surface area contributed by atoms with Crippen LogP contribution in [0, 0.1) is 5.82 Å². The number of aromatic nitrogens is 1. The first-order valence-corrected chi connectivity index (χ1v) is 10.9. The molecule has 0 spiro atoms. The molecule has 1 atom stereocenters. The van der Waals surface area contributed by atoms with Gasteiger partial charge in [0.15, 0.2) is 0 Å². The highest BCUT2D eigenvalue weighted by Crippen LogP contribution is 2.34. The molecule has 2 amide bonds. The molecule has 0 unspecified atom stereocenters. The number of hydrogen-bond donors (Lipinski definition) is 1. The Kier molecular flexibility index (Phi) is 6.68. The number of halogens is 1. The lowest BCUT2D eigenvalue weighted by Gasteiger charge is -2.41. The van der Waals surface area contributed by atoms with Gasteiger partial charge in [0.2, 0.25) is 5.91 Å². The molecule has 1 aromatic heterocycles. The molecule has 33 heavy (non-hydrogen) atoms. The number of rotatable bonds is 6. The van der Waals surface area contributed by atoms with Crippen LogP contribution in [0.2, 0.25) is 0 Å². The van der Waals surface area contributed by atoms with Gasteiger partial charge in [-0.1, -0.05) is 24.3 Å². The van der Waals surface area contributed by atoms with E-state index in [0.29, 0.717) is 36.4 Å². The number of ether oxygens (including phenoxy) is 1. The fraction of sp³-hybridized carbons (Fsp3) is 0.269. The van der Waals surface area contributed by atoms with Crippen LogP contribution in [0.1, 0.15) is 34.5 Å². The molecular weight excluding hydrogens is 421 g/mol. The molecule has 0 bridgehead atoms. The molecule has 1 saturated heterocycles. The van der Waals surface area contributed by atoms with Crippen LogP contribution in [-0.4, -0.2) is 41.8 Å². The number of piperidine rings is 1. The Morgan fingerprint density at radius 3 is 2.67 bits per heavy atom. The van der Waals surface area contributed by atoms with Crippen molar-refractivity contribution in [3.63, 3.8) is 0 Å². The van der Waals surface area contributed by atoms with Crippen molar-refractivity contribution < 1.29 is 18.7 Å². The number of likely N-dealkylation sites (tertiary alicyclic amines) is 1. The maximum absolute atomic E-state index is 13.4. The number of nitrogens with one attached hydrogen (secondary N) is 1. The van der Waals surface area contributed by atoms with Crippen LogP contribution in [-0.2, 0) is 16.8 Å². The second kappa shape index (κ2) is 9.81. The highest BCUT2D eigenvalue weighted by atomic mass is 19.1. The van der Waals surface area contributed by atoms with Gasteiger partial charge in [-0.15, -0.1) is 0 Å². The summed E-state index contributed by atoms with van der Waals surface area (Å²) in [5.41, 5.74) is 1.09. The molecule has 1 aliphatic rings. The summed E-state index contributed by atoms with van der Waals surface area (Å²) in [4.78, 5) is 32.5. The van der Waals surface area contributed by atoms with Gasteiger partial charge in [0.05, 0.1) is 5.69 Å². The molecule has 170 valence electrons. The predicted molar refractivity (Wildman–Crippen MR) is 122 cm³/mol. The van der Waals surface area contributed by atoms with E-state index < -0.39 is 5.41 Å². The summed E-state index contributed by atoms with van der Waals surface area (Å²) in [5.74, 6) is -0.0582. The Balaban J connectivity index is 1.52. The predicted octanol–water partition coefficient (Wildman–Crippen LogP) is 3.72. The van der Waals surface area contributed by atoms with E-state index in [0.717, 1.165) is 5.56 Å². The average Bonchev–Trinajstić information content (AvgIpc) is 2.88. The Labute approximate surface area is 192 Å². The second-order valence-electron chi connectivity index (χ2n) is 8.15. The zero-order valence-corrected chi connectivity index (χ0v) is 18.5. The number of hydrogen-bond acceptors (Lipinski definition) is 4. The van der Waals surface area contributed by atoms with Gasteiger partial charge in [0.1, 0.15) is 23.6 Å². The number of likely N-dealkylation sites (N-methyl/N-ethyl adjacent to an activating group) is 1. The van der Waals surface area contributed by atoms with Gasteiger partial charge < -0.3 is 15.0 Å². The van der Waals surface area contributed by atoms with Gasteiger partial charge >= 0.3 is 0 Å². The zero-order valence-electron chi connectivity index (χ0n) is 18.5. The van der Waals surface area contributed by atoms with Crippen molar-refractivity contribution in [2.45, 2.75) is 24.9 Å². The molecular formula is C26H26FN3O3. The number of carbonyl (C=O) groups is 2. The van der Waals surface area contributed by atoms with E-state index in [4.69, 9.17) is 4.74 Å². The normalized spacial score (nSPS) is 17.9. The summed E-state index contributed by atoms with van der Waals surface area (Å²) >= 11 is 0. The monoisotopic (exact) mass is 447 g/mol. The van der Waals surface area contributed by atoms with Crippen LogP contribution in [0.15, 0.2) is 72.9 Å². The molecule has 7 heteroatoms. The Morgan fingerprint density at radius 1 is 1.12 bits per heavy atom. The van der Waals surface area contributed by atoms with E-state index in [-0.39, 0.29) is 30.8 Å². The van der Waals surface area contributed by atoms with Gasteiger partial charge in [0.25, 0.3) is 5.91 Å². The van der Waals surface area contributed by atoms with Gasteiger partial charge in [-0.2, -0.15) is 0 Å². The van der Waals surface area contributed by atoms with Crippen molar-refractivity contribution in [2.75, 3.05) is 20.1 Å². The molecule has 0 aliphatic carbocycles. The minimum Gasteiger partial charge on any atom is -0.489 e. The molecule has 3 aromatic rings. The van der Waals surface area contributed by atoms with Gasteiger partial charge in [-0.3, -0.25) is 14.6 Å². The summed E-state index contributed by atoms with van der Waals surface area (Å²) in [5, 5.41) is 2.76. The molecule has 2 aromatic carbocycles. The van der Waals surface area contributed by atoms with Crippen molar-refractivity contribution in [1.82, 2.24) is 15.2 Å². The summed E-state index contributed by atoms with van der Waals surface area (Å²) in [6, 6.07) is 18.6. The Bertz CT molecular complexity index is 1120. The van der Waals surface area contributed by atoms with E-state index in [2.05, 4.69) is 10.3 Å². The molecule has 4 rings (SSSR count). The Morgan fingerprint density at radius 2 is 1.94 bits per heavy atom. The van der Waals surface area contributed by atoms with Crippen molar-refractivity contribution in [2.24, 2.45) is 0 Å². The summed E-state index contributed by atoms with van der Waals surface area (Å²) in [6.45, 7) is 1.08. The van der Waals surface area contributed by atoms with Crippen molar-refractivity contribution in [1.29, 1.82) is 0 Å². The average molecular weight is 448 g/mol. The van der Waals surface area contributed by atoms with Crippen LogP contribution in [0.25, 0.3) is 0 Å². The third-order valence-corrected chi connectivity index (χ3v) is 6.00. The minimum atomic E-state index is -0.888. The number of carbonyl (C=O) groups excluding carboxylic acids is 2. The highest BCUT2D eigenvalue weighted by molar-refractivity contribution is 5.96. The van der Waals surface area contributed by atoms with Gasteiger partial charge in [0, 0.05) is 31.9 Å². The number of amides is 2. The lowest BCUT2D eigenvalue weighted by atomic mass is 9.75. The lowest BCUT2D eigenvalue weighted by Crippen LogP contribution is -2.56. The minimum absolute atomic E-state index is 0.143. The molecule has 0 saturated carbocycles. The van der Waals surface area contributed by atoms with Crippen LogP contribution >= 0.6 is 0 Å². The third kappa shape index (κ3) is 4.87. The van der Waals surface area contributed by atoms with E-state index in [1.54, 1.807) is 54.5 Å². The first-order chi connectivity index (χ1) is 16.0.